The highest BCUT2D eigenvalue weighted by Gasteiger charge is 2.21. The molecule has 1 atom stereocenters. The Bertz CT molecular complexity index is 475. The van der Waals surface area contributed by atoms with Crippen LogP contribution < -0.4 is 0 Å². The Morgan fingerprint density at radius 2 is 0.865 bits per heavy atom. The standard InChI is InChI=1S/C33H67NO3/c1-5-6-7-8-9-10-11-12-13-14-15-16-17-18-19-20-21-22-23-24-25-26-27-28-29-37-32(30-33(35)36)31-34(2,3)4/h32H,5-31H2,1-4H3/p+1. The first-order valence-electron chi connectivity index (χ1n) is 16.5. The lowest BCUT2D eigenvalue weighted by atomic mass is 10.0. The lowest BCUT2D eigenvalue weighted by Crippen LogP contribution is -2.43. The fourth-order valence-electron chi connectivity index (χ4n) is 5.30. The van der Waals surface area contributed by atoms with Crippen molar-refractivity contribution < 1.29 is 19.1 Å². The first-order valence-corrected chi connectivity index (χ1v) is 16.5. The minimum atomic E-state index is -0.766. The molecule has 0 radical (unpaired) electrons. The van der Waals surface area contributed by atoms with Gasteiger partial charge >= 0.3 is 5.97 Å². The van der Waals surface area contributed by atoms with Crippen LogP contribution >= 0.6 is 0 Å². The molecule has 1 unspecified atom stereocenters. The maximum Gasteiger partial charge on any atom is 0.306 e. The van der Waals surface area contributed by atoms with Gasteiger partial charge in [-0.2, -0.15) is 0 Å². The summed E-state index contributed by atoms with van der Waals surface area (Å²) in [6.45, 7) is 3.73. The fourth-order valence-corrected chi connectivity index (χ4v) is 5.30. The molecule has 0 heterocycles. The van der Waals surface area contributed by atoms with E-state index in [2.05, 4.69) is 28.1 Å². The summed E-state index contributed by atoms with van der Waals surface area (Å²) < 4.78 is 6.62. The third-order valence-corrected chi connectivity index (χ3v) is 7.51. The van der Waals surface area contributed by atoms with E-state index in [9.17, 15) is 4.79 Å². The van der Waals surface area contributed by atoms with Crippen LogP contribution in [0.2, 0.25) is 0 Å². The molecule has 1 N–H and O–H groups in total. The lowest BCUT2D eigenvalue weighted by Gasteiger charge is -2.28. The van der Waals surface area contributed by atoms with Crippen molar-refractivity contribution in [1.82, 2.24) is 0 Å². The number of quaternary nitrogens is 1. The summed E-state index contributed by atoms with van der Waals surface area (Å²) in [7, 11) is 6.25. The lowest BCUT2D eigenvalue weighted by molar-refractivity contribution is -0.873. The maximum absolute atomic E-state index is 11.1. The van der Waals surface area contributed by atoms with Crippen molar-refractivity contribution in [1.29, 1.82) is 0 Å². The van der Waals surface area contributed by atoms with Gasteiger partial charge < -0.3 is 14.3 Å². The van der Waals surface area contributed by atoms with Crippen LogP contribution in [0, 0.1) is 0 Å². The largest absolute Gasteiger partial charge is 0.481 e. The van der Waals surface area contributed by atoms with Crippen LogP contribution in [-0.2, 0) is 9.53 Å². The third kappa shape index (κ3) is 31.5. The number of ether oxygens (including phenoxy) is 1. The Hall–Kier alpha value is -0.610. The number of carboxylic acid groups (broad SMARTS) is 1. The first-order chi connectivity index (χ1) is 17.8. The normalized spacial score (nSPS) is 12.8. The molecule has 0 aromatic carbocycles. The molecule has 0 bridgehead atoms. The van der Waals surface area contributed by atoms with E-state index in [1.165, 1.54) is 148 Å². The number of likely N-dealkylation sites (N-methyl/N-ethyl adjacent to an activating group) is 1. The van der Waals surface area contributed by atoms with E-state index >= 15 is 0 Å². The second-order valence-corrected chi connectivity index (χ2v) is 12.7. The van der Waals surface area contributed by atoms with Gasteiger partial charge in [-0.3, -0.25) is 4.79 Å². The highest BCUT2D eigenvalue weighted by Crippen LogP contribution is 2.16. The number of aliphatic carboxylic acids is 1. The van der Waals surface area contributed by atoms with Gasteiger partial charge in [-0.1, -0.05) is 155 Å². The molecule has 0 amide bonds. The zero-order valence-electron chi connectivity index (χ0n) is 25.9. The van der Waals surface area contributed by atoms with E-state index in [1.807, 2.05) is 0 Å². The Labute approximate surface area is 232 Å². The van der Waals surface area contributed by atoms with Crippen molar-refractivity contribution in [3.63, 3.8) is 0 Å². The molecule has 0 rings (SSSR count). The average Bonchev–Trinajstić information content (AvgIpc) is 2.82. The van der Waals surface area contributed by atoms with Gasteiger partial charge in [-0.05, 0) is 6.42 Å². The predicted molar refractivity (Wildman–Crippen MR) is 161 cm³/mol. The van der Waals surface area contributed by atoms with Crippen LogP contribution in [0.25, 0.3) is 0 Å². The van der Waals surface area contributed by atoms with E-state index in [0.29, 0.717) is 6.61 Å². The van der Waals surface area contributed by atoms with Crippen LogP contribution in [0.3, 0.4) is 0 Å². The zero-order valence-corrected chi connectivity index (χ0v) is 25.9. The van der Waals surface area contributed by atoms with Crippen molar-refractivity contribution in [2.75, 3.05) is 34.3 Å². The minimum Gasteiger partial charge on any atom is -0.481 e. The number of unbranched alkanes of at least 4 members (excludes halogenated alkanes) is 23. The van der Waals surface area contributed by atoms with E-state index < -0.39 is 5.97 Å². The molecule has 0 aliphatic rings. The molecule has 37 heavy (non-hydrogen) atoms. The summed E-state index contributed by atoms with van der Waals surface area (Å²) >= 11 is 0. The van der Waals surface area contributed by atoms with E-state index in [-0.39, 0.29) is 12.5 Å². The molecular formula is C33H68NO3+. The zero-order chi connectivity index (χ0) is 27.5. The minimum absolute atomic E-state index is 0.106. The predicted octanol–water partition coefficient (Wildman–Crippen LogP) is 9.93. The van der Waals surface area contributed by atoms with Gasteiger partial charge in [0.05, 0.1) is 27.6 Å². The number of carboxylic acids is 1. The number of hydrogen-bond donors (Lipinski definition) is 1. The summed E-state index contributed by atoms with van der Waals surface area (Å²) in [5.74, 6) is -0.766. The summed E-state index contributed by atoms with van der Waals surface area (Å²) in [5.41, 5.74) is 0. The Morgan fingerprint density at radius 3 is 1.14 bits per heavy atom. The van der Waals surface area contributed by atoms with Crippen molar-refractivity contribution in [3.05, 3.63) is 0 Å². The average molecular weight is 527 g/mol. The van der Waals surface area contributed by atoms with Crippen molar-refractivity contribution in [2.24, 2.45) is 0 Å². The molecule has 0 spiro atoms. The maximum atomic E-state index is 11.1. The van der Waals surface area contributed by atoms with Gasteiger partial charge in [-0.15, -0.1) is 0 Å². The van der Waals surface area contributed by atoms with Crippen LogP contribution in [-0.4, -0.2) is 56.0 Å². The van der Waals surface area contributed by atoms with Gasteiger partial charge in [0.25, 0.3) is 0 Å². The quantitative estimate of drug-likeness (QED) is 0.0748. The third-order valence-electron chi connectivity index (χ3n) is 7.51. The molecule has 4 nitrogen and oxygen atoms in total. The summed E-state index contributed by atoms with van der Waals surface area (Å²) in [6, 6.07) is 0. The van der Waals surface area contributed by atoms with Gasteiger partial charge in [0.15, 0.2) is 0 Å². The van der Waals surface area contributed by atoms with Crippen LogP contribution in [0.4, 0.5) is 0 Å². The van der Waals surface area contributed by atoms with Gasteiger partial charge in [-0.25, -0.2) is 0 Å². The van der Waals surface area contributed by atoms with Gasteiger partial charge in [0.1, 0.15) is 12.6 Å². The smallest absolute Gasteiger partial charge is 0.306 e. The van der Waals surface area contributed by atoms with Gasteiger partial charge in [0, 0.05) is 6.61 Å². The van der Waals surface area contributed by atoms with Crippen LogP contribution in [0.1, 0.15) is 167 Å². The first kappa shape index (κ1) is 36.4. The summed E-state index contributed by atoms with van der Waals surface area (Å²) in [6.07, 6.45) is 33.5. The number of hydrogen-bond acceptors (Lipinski definition) is 2. The number of rotatable bonds is 30. The van der Waals surface area contributed by atoms with E-state index in [0.717, 1.165) is 17.4 Å². The highest BCUT2D eigenvalue weighted by molar-refractivity contribution is 5.67. The molecule has 0 fully saturated rings. The topological polar surface area (TPSA) is 46.5 Å². The molecule has 0 aromatic heterocycles. The summed E-state index contributed by atoms with van der Waals surface area (Å²) in [5, 5.41) is 9.09. The highest BCUT2D eigenvalue weighted by atomic mass is 16.5. The molecule has 0 saturated heterocycles. The number of carbonyl (C=O) groups is 1. The van der Waals surface area contributed by atoms with E-state index in [1.54, 1.807) is 0 Å². The SMILES string of the molecule is CCCCCCCCCCCCCCCCCCCCCCCCCCOC(CC(=O)O)C[N+](C)(C)C. The van der Waals surface area contributed by atoms with E-state index in [4.69, 9.17) is 9.84 Å². The molecular weight excluding hydrogens is 458 g/mol. The van der Waals surface area contributed by atoms with Crippen molar-refractivity contribution in [2.45, 2.75) is 174 Å². The Kier molecular flexibility index (Phi) is 26.5. The Morgan fingerprint density at radius 1 is 0.568 bits per heavy atom. The van der Waals surface area contributed by atoms with Crippen LogP contribution in [0.15, 0.2) is 0 Å². The molecule has 4 heteroatoms. The van der Waals surface area contributed by atoms with Gasteiger partial charge in [0.2, 0.25) is 0 Å². The molecule has 0 aromatic rings. The number of nitrogens with zero attached hydrogens (tertiary/aromatic N) is 1. The van der Waals surface area contributed by atoms with Crippen LogP contribution in [0.5, 0.6) is 0 Å². The second kappa shape index (κ2) is 27.0. The Balaban J connectivity index is 3.26. The molecule has 0 saturated carbocycles. The molecule has 0 aliphatic carbocycles. The summed E-state index contributed by atoms with van der Waals surface area (Å²) in [4.78, 5) is 11.1. The monoisotopic (exact) mass is 527 g/mol. The van der Waals surface area contributed by atoms with Crippen molar-refractivity contribution in [3.8, 4) is 0 Å². The molecule has 222 valence electrons. The second-order valence-electron chi connectivity index (χ2n) is 12.7. The molecule has 0 aliphatic heterocycles. The fraction of sp³-hybridized carbons (Fsp3) is 0.970. The van der Waals surface area contributed by atoms with Crippen molar-refractivity contribution >= 4 is 5.97 Å².